The van der Waals surface area contributed by atoms with Gasteiger partial charge in [0.05, 0.1) is 23.9 Å². The van der Waals surface area contributed by atoms with Crippen molar-refractivity contribution in [3.05, 3.63) is 42.2 Å². The molecule has 0 saturated carbocycles. The average molecular weight is 369 g/mol. The summed E-state index contributed by atoms with van der Waals surface area (Å²) in [5.41, 5.74) is 6.62. The second kappa shape index (κ2) is 7.81. The molecule has 1 aliphatic rings. The maximum Gasteiger partial charge on any atom is 0.304 e. The lowest BCUT2D eigenvalue weighted by molar-refractivity contribution is -0.140. The number of carboxylic acid groups (broad SMARTS) is 1. The van der Waals surface area contributed by atoms with Crippen LogP contribution in [0.25, 0.3) is 11.4 Å². The number of hydrogen-bond donors (Lipinski definition) is 4. The van der Waals surface area contributed by atoms with Crippen molar-refractivity contribution in [2.24, 2.45) is 11.7 Å². The first-order valence-corrected chi connectivity index (χ1v) is 8.34. The number of amides is 1. The minimum absolute atomic E-state index is 0.0881. The lowest BCUT2D eigenvalue weighted by atomic mass is 10.0. The van der Waals surface area contributed by atoms with Crippen LogP contribution in [0.3, 0.4) is 0 Å². The molecule has 1 amide bonds. The van der Waals surface area contributed by atoms with Gasteiger partial charge in [-0.3, -0.25) is 15.0 Å². The molecule has 1 aliphatic heterocycles. The van der Waals surface area contributed by atoms with Crippen LogP contribution in [0.2, 0.25) is 0 Å². The van der Waals surface area contributed by atoms with E-state index in [0.717, 1.165) is 5.56 Å². The smallest absolute Gasteiger partial charge is 0.304 e. The van der Waals surface area contributed by atoms with E-state index in [2.05, 4.69) is 15.3 Å². The number of nitrogen functional groups attached to an aromatic ring is 1. The summed E-state index contributed by atoms with van der Waals surface area (Å²) in [4.78, 5) is 30.8. The SMILES string of the molecule is N=C(N)c1cnc(-c2ccc(OC[C@H]3C[C@H](CC(=O)O)C(=O)N3)cc2)nc1. The Labute approximate surface area is 155 Å². The predicted octanol–water partition coefficient (Wildman–Crippen LogP) is 0.786. The molecule has 0 unspecified atom stereocenters. The third kappa shape index (κ3) is 4.57. The van der Waals surface area contributed by atoms with Crippen LogP contribution in [0.15, 0.2) is 36.7 Å². The fraction of sp³-hybridized carbons (Fsp3) is 0.278. The molecular formula is C18H19N5O4. The summed E-state index contributed by atoms with van der Waals surface area (Å²) in [6.45, 7) is 0.269. The highest BCUT2D eigenvalue weighted by Gasteiger charge is 2.33. The van der Waals surface area contributed by atoms with Crippen LogP contribution >= 0.6 is 0 Å². The van der Waals surface area contributed by atoms with Gasteiger partial charge in [-0.05, 0) is 30.7 Å². The number of benzene rings is 1. The molecule has 2 atom stereocenters. The molecule has 0 bridgehead atoms. The Morgan fingerprint density at radius 3 is 2.56 bits per heavy atom. The standard InChI is InChI=1S/C18H19N5O4/c19-16(20)12-7-21-17(22-8-12)10-1-3-14(4-2-10)27-9-13-5-11(6-15(24)25)18(26)23-13/h1-4,7-8,11,13H,5-6,9H2,(H3,19,20)(H,23,26)(H,24,25)/t11-,13-/m1/s1. The van der Waals surface area contributed by atoms with Gasteiger partial charge in [-0.25, -0.2) is 9.97 Å². The molecule has 140 valence electrons. The number of carbonyl (C=O) groups excluding carboxylic acids is 1. The normalized spacial score (nSPS) is 18.7. The summed E-state index contributed by atoms with van der Waals surface area (Å²) in [7, 11) is 0. The monoisotopic (exact) mass is 369 g/mol. The van der Waals surface area contributed by atoms with E-state index >= 15 is 0 Å². The molecule has 0 aliphatic carbocycles. The third-order valence-electron chi connectivity index (χ3n) is 4.23. The first kappa shape index (κ1) is 18.3. The van der Waals surface area contributed by atoms with E-state index in [1.54, 1.807) is 24.3 Å². The van der Waals surface area contributed by atoms with Crippen LogP contribution in [-0.2, 0) is 9.59 Å². The highest BCUT2D eigenvalue weighted by atomic mass is 16.5. The average Bonchev–Trinajstić information content (AvgIpc) is 2.99. The number of carbonyl (C=O) groups is 2. The number of aliphatic carboxylic acids is 1. The Balaban J connectivity index is 1.56. The summed E-state index contributed by atoms with van der Waals surface area (Å²) in [5.74, 6) is -0.692. The zero-order chi connectivity index (χ0) is 19.4. The van der Waals surface area contributed by atoms with Gasteiger partial charge in [0.1, 0.15) is 18.2 Å². The summed E-state index contributed by atoms with van der Waals surface area (Å²) < 4.78 is 5.69. The van der Waals surface area contributed by atoms with Crippen LogP contribution in [0, 0.1) is 11.3 Å². The maximum atomic E-state index is 11.7. The van der Waals surface area contributed by atoms with E-state index in [1.165, 1.54) is 12.4 Å². The van der Waals surface area contributed by atoms with Crippen LogP contribution in [0.4, 0.5) is 0 Å². The van der Waals surface area contributed by atoms with Crippen molar-refractivity contribution in [3.8, 4) is 17.1 Å². The lowest BCUT2D eigenvalue weighted by Crippen LogP contribution is -2.31. The molecule has 0 spiro atoms. The molecule has 3 rings (SSSR count). The number of aromatic nitrogens is 2. The molecule has 27 heavy (non-hydrogen) atoms. The van der Waals surface area contributed by atoms with Gasteiger partial charge < -0.3 is 20.9 Å². The fourth-order valence-electron chi connectivity index (χ4n) is 2.84. The van der Waals surface area contributed by atoms with E-state index < -0.39 is 11.9 Å². The molecular weight excluding hydrogens is 350 g/mol. The molecule has 9 heteroatoms. The van der Waals surface area contributed by atoms with E-state index in [4.69, 9.17) is 21.0 Å². The summed E-state index contributed by atoms with van der Waals surface area (Å²) in [6, 6.07) is 6.94. The van der Waals surface area contributed by atoms with Gasteiger partial charge in [-0.15, -0.1) is 0 Å². The number of rotatable bonds is 7. The predicted molar refractivity (Wildman–Crippen MR) is 96.3 cm³/mol. The second-order valence-corrected chi connectivity index (χ2v) is 6.28. The summed E-state index contributed by atoms with van der Waals surface area (Å²) >= 11 is 0. The highest BCUT2D eigenvalue weighted by molar-refractivity contribution is 5.94. The molecule has 1 aromatic heterocycles. The first-order chi connectivity index (χ1) is 12.9. The zero-order valence-corrected chi connectivity index (χ0v) is 14.4. The van der Waals surface area contributed by atoms with E-state index in [0.29, 0.717) is 23.6 Å². The topological polar surface area (TPSA) is 151 Å². The highest BCUT2D eigenvalue weighted by Crippen LogP contribution is 2.22. The molecule has 1 saturated heterocycles. The zero-order valence-electron chi connectivity index (χ0n) is 14.4. The largest absolute Gasteiger partial charge is 0.491 e. The molecule has 0 radical (unpaired) electrons. The second-order valence-electron chi connectivity index (χ2n) is 6.28. The molecule has 1 aromatic carbocycles. The van der Waals surface area contributed by atoms with Crippen molar-refractivity contribution < 1.29 is 19.4 Å². The van der Waals surface area contributed by atoms with E-state index in [9.17, 15) is 9.59 Å². The number of nitrogens with one attached hydrogen (secondary N) is 2. The quantitative estimate of drug-likeness (QED) is 0.416. The third-order valence-corrected chi connectivity index (χ3v) is 4.23. The summed E-state index contributed by atoms with van der Waals surface area (Å²) in [6.07, 6.45) is 3.26. The lowest BCUT2D eigenvalue weighted by Gasteiger charge is -2.12. The van der Waals surface area contributed by atoms with Crippen molar-refractivity contribution in [1.82, 2.24) is 15.3 Å². The van der Waals surface area contributed by atoms with Crippen molar-refractivity contribution >= 4 is 17.7 Å². The Morgan fingerprint density at radius 1 is 1.30 bits per heavy atom. The van der Waals surface area contributed by atoms with Crippen molar-refractivity contribution in [3.63, 3.8) is 0 Å². The molecule has 1 fully saturated rings. The number of hydrogen-bond acceptors (Lipinski definition) is 6. The number of amidine groups is 1. The van der Waals surface area contributed by atoms with E-state index in [1.807, 2.05) is 0 Å². The van der Waals surface area contributed by atoms with Crippen LogP contribution in [0.1, 0.15) is 18.4 Å². The van der Waals surface area contributed by atoms with Crippen molar-refractivity contribution in [2.45, 2.75) is 18.9 Å². The van der Waals surface area contributed by atoms with Gasteiger partial charge in [0.25, 0.3) is 0 Å². The Hall–Kier alpha value is -3.49. The molecule has 2 heterocycles. The maximum absolute atomic E-state index is 11.7. The van der Waals surface area contributed by atoms with Crippen molar-refractivity contribution in [1.29, 1.82) is 5.41 Å². The van der Waals surface area contributed by atoms with Crippen LogP contribution in [-0.4, -0.2) is 45.4 Å². The Kier molecular flexibility index (Phi) is 5.30. The first-order valence-electron chi connectivity index (χ1n) is 8.34. The molecule has 2 aromatic rings. The van der Waals surface area contributed by atoms with Crippen LogP contribution in [0.5, 0.6) is 5.75 Å². The Morgan fingerprint density at radius 2 is 1.96 bits per heavy atom. The van der Waals surface area contributed by atoms with E-state index in [-0.39, 0.29) is 30.8 Å². The van der Waals surface area contributed by atoms with Gasteiger partial charge in [-0.1, -0.05) is 0 Å². The van der Waals surface area contributed by atoms with Gasteiger partial charge in [-0.2, -0.15) is 0 Å². The van der Waals surface area contributed by atoms with Gasteiger partial charge in [0.15, 0.2) is 5.82 Å². The molecule has 9 nitrogen and oxygen atoms in total. The van der Waals surface area contributed by atoms with Gasteiger partial charge in [0.2, 0.25) is 5.91 Å². The minimum Gasteiger partial charge on any atom is -0.491 e. The van der Waals surface area contributed by atoms with Crippen LogP contribution < -0.4 is 15.8 Å². The number of nitrogens with two attached hydrogens (primary N) is 1. The number of ether oxygens (including phenoxy) is 1. The minimum atomic E-state index is -0.981. The number of nitrogens with zero attached hydrogens (tertiary/aromatic N) is 2. The Bertz CT molecular complexity index is 851. The fourth-order valence-corrected chi connectivity index (χ4v) is 2.84. The number of carboxylic acids is 1. The van der Waals surface area contributed by atoms with Gasteiger partial charge >= 0.3 is 5.97 Å². The molecule has 5 N–H and O–H groups in total. The van der Waals surface area contributed by atoms with Crippen molar-refractivity contribution in [2.75, 3.05) is 6.61 Å². The van der Waals surface area contributed by atoms with Gasteiger partial charge in [0, 0.05) is 18.0 Å². The summed E-state index contributed by atoms with van der Waals surface area (Å²) in [5, 5.41) is 18.9.